The molecule has 0 unspecified atom stereocenters. The summed E-state index contributed by atoms with van der Waals surface area (Å²) in [6, 6.07) is 14.7. The maximum Gasteiger partial charge on any atom is 0.238 e. The van der Waals surface area contributed by atoms with Crippen molar-refractivity contribution in [2.24, 2.45) is 11.1 Å². The number of methoxy groups -OCH3 is 1. The molecule has 1 heterocycles. The largest absolute Gasteiger partial charge is 0.493 e. The van der Waals surface area contributed by atoms with Gasteiger partial charge in [-0.25, -0.2) is 8.78 Å². The number of hydrogen-bond donors (Lipinski definition) is 2. The van der Waals surface area contributed by atoms with Crippen LogP contribution in [0.3, 0.4) is 0 Å². The average Bonchev–Trinajstić information content (AvgIpc) is 3.91. The lowest BCUT2D eigenvalue weighted by molar-refractivity contribution is -0.132. The Bertz CT molecular complexity index is 1680. The van der Waals surface area contributed by atoms with E-state index in [9.17, 15) is 14.0 Å². The van der Waals surface area contributed by atoms with Crippen molar-refractivity contribution in [1.82, 2.24) is 4.98 Å². The van der Waals surface area contributed by atoms with Gasteiger partial charge >= 0.3 is 0 Å². The number of pyridine rings is 1. The molecule has 6 rings (SSSR count). The second-order valence-corrected chi connectivity index (χ2v) is 11.0. The lowest BCUT2D eigenvalue weighted by atomic mass is 9.94. The molecule has 42 heavy (non-hydrogen) atoms. The fourth-order valence-electron chi connectivity index (χ4n) is 4.77. The lowest BCUT2D eigenvalue weighted by Gasteiger charge is -2.16. The Hall–Kier alpha value is -4.57. The van der Waals surface area contributed by atoms with Crippen molar-refractivity contribution < 1.29 is 32.6 Å². The standard InChI is InChI=1S/C32H29F2N3O5/c1-40-27-16-22-24(17-28(27)41-18-31(35)9-10-31)36-13-8-25(22)42-26-7-2-19(14-23(26)34)15-29(38)32(11-12-32)30(39)37-21-5-3-20(33)4-6-21/h2-8,13-14,16-17H,9-12,15,18,35H2,1H3,(H,37,39). The van der Waals surface area contributed by atoms with Gasteiger partial charge in [-0.2, -0.15) is 0 Å². The van der Waals surface area contributed by atoms with Gasteiger partial charge in [0.1, 0.15) is 23.6 Å². The first kappa shape index (κ1) is 27.6. The molecule has 2 aliphatic carbocycles. The molecule has 0 radical (unpaired) electrons. The summed E-state index contributed by atoms with van der Waals surface area (Å²) in [5.74, 6) is -0.527. The summed E-state index contributed by atoms with van der Waals surface area (Å²) in [4.78, 5) is 30.3. The average molecular weight is 574 g/mol. The predicted octanol–water partition coefficient (Wildman–Crippen LogP) is 5.71. The van der Waals surface area contributed by atoms with E-state index >= 15 is 4.39 Å². The molecular weight excluding hydrogens is 544 g/mol. The number of aromatic nitrogens is 1. The van der Waals surface area contributed by atoms with Crippen LogP contribution in [0.4, 0.5) is 14.5 Å². The number of benzene rings is 3. The van der Waals surface area contributed by atoms with E-state index in [4.69, 9.17) is 19.9 Å². The summed E-state index contributed by atoms with van der Waals surface area (Å²) in [6.07, 6.45) is 4.06. The Balaban J connectivity index is 1.15. The Morgan fingerprint density at radius 2 is 1.69 bits per heavy atom. The van der Waals surface area contributed by atoms with E-state index in [-0.39, 0.29) is 23.5 Å². The highest BCUT2D eigenvalue weighted by atomic mass is 19.1. The van der Waals surface area contributed by atoms with Crippen LogP contribution in [0.25, 0.3) is 10.9 Å². The quantitative estimate of drug-likeness (QED) is 0.221. The van der Waals surface area contributed by atoms with Crippen molar-refractivity contribution in [3.63, 3.8) is 0 Å². The van der Waals surface area contributed by atoms with Crippen LogP contribution in [0.1, 0.15) is 31.2 Å². The number of anilines is 1. The Morgan fingerprint density at radius 1 is 0.929 bits per heavy atom. The fourth-order valence-corrected chi connectivity index (χ4v) is 4.77. The molecule has 10 heteroatoms. The molecule has 2 aliphatic rings. The number of carbonyl (C=O) groups is 2. The maximum absolute atomic E-state index is 15.2. The van der Waals surface area contributed by atoms with Gasteiger partial charge < -0.3 is 25.3 Å². The minimum atomic E-state index is -1.17. The highest BCUT2D eigenvalue weighted by Crippen LogP contribution is 2.48. The minimum absolute atomic E-state index is 0.0352. The Morgan fingerprint density at radius 3 is 2.36 bits per heavy atom. The van der Waals surface area contributed by atoms with Crippen LogP contribution in [0, 0.1) is 17.0 Å². The normalized spacial score (nSPS) is 16.0. The van der Waals surface area contributed by atoms with Crippen LogP contribution in [0.2, 0.25) is 0 Å². The summed E-state index contributed by atoms with van der Waals surface area (Å²) < 4.78 is 45.7. The number of nitrogens with one attached hydrogen (secondary N) is 1. The van der Waals surface area contributed by atoms with E-state index in [1.54, 1.807) is 30.5 Å². The zero-order chi connectivity index (χ0) is 29.5. The molecule has 8 nitrogen and oxygen atoms in total. The minimum Gasteiger partial charge on any atom is -0.493 e. The molecule has 1 aromatic heterocycles. The topological polar surface area (TPSA) is 113 Å². The summed E-state index contributed by atoms with van der Waals surface area (Å²) in [5, 5.41) is 3.28. The van der Waals surface area contributed by atoms with Gasteiger partial charge in [0, 0.05) is 29.8 Å². The summed E-state index contributed by atoms with van der Waals surface area (Å²) in [5.41, 5.74) is 6.07. The van der Waals surface area contributed by atoms with E-state index in [0.29, 0.717) is 58.9 Å². The number of carbonyl (C=O) groups excluding carboxylic acids is 2. The molecule has 2 fully saturated rings. The van der Waals surface area contributed by atoms with Crippen LogP contribution >= 0.6 is 0 Å². The zero-order valence-electron chi connectivity index (χ0n) is 22.9. The number of Topliss-reactive ketones (excluding diaryl/α,β-unsaturated/α-hetero) is 1. The smallest absolute Gasteiger partial charge is 0.238 e. The van der Waals surface area contributed by atoms with E-state index in [1.165, 1.54) is 43.5 Å². The summed E-state index contributed by atoms with van der Waals surface area (Å²) >= 11 is 0. The van der Waals surface area contributed by atoms with Crippen molar-refractivity contribution in [3.05, 3.63) is 84.1 Å². The molecule has 0 aliphatic heterocycles. The molecule has 3 aromatic carbocycles. The van der Waals surface area contributed by atoms with Crippen molar-refractivity contribution in [2.45, 2.75) is 37.6 Å². The van der Waals surface area contributed by atoms with Crippen LogP contribution in [-0.2, 0) is 16.0 Å². The first-order valence-corrected chi connectivity index (χ1v) is 13.6. The molecule has 0 atom stereocenters. The van der Waals surface area contributed by atoms with Gasteiger partial charge in [-0.3, -0.25) is 14.6 Å². The van der Waals surface area contributed by atoms with Gasteiger partial charge in [0.05, 0.1) is 18.2 Å². The molecular formula is C32H29F2N3O5. The SMILES string of the molecule is COc1cc2c(Oc3ccc(CC(=O)C4(C(=O)Nc5ccc(F)cc5)CC4)cc3F)ccnc2cc1OCC1(N)CC1. The predicted molar refractivity (Wildman–Crippen MR) is 152 cm³/mol. The molecule has 1 amide bonds. The molecule has 216 valence electrons. The Kier molecular flexibility index (Phi) is 7.02. The van der Waals surface area contributed by atoms with Crippen molar-refractivity contribution in [2.75, 3.05) is 19.0 Å². The van der Waals surface area contributed by atoms with E-state index in [2.05, 4.69) is 10.3 Å². The number of rotatable bonds is 11. The first-order valence-electron chi connectivity index (χ1n) is 13.6. The first-order chi connectivity index (χ1) is 20.2. The molecule has 0 saturated heterocycles. The number of amides is 1. The van der Waals surface area contributed by atoms with Crippen molar-refractivity contribution in [3.8, 4) is 23.0 Å². The third-order valence-corrected chi connectivity index (χ3v) is 7.80. The number of fused-ring (bicyclic) bond motifs is 1. The monoisotopic (exact) mass is 573 g/mol. The van der Waals surface area contributed by atoms with Gasteiger partial charge in [-0.1, -0.05) is 6.07 Å². The highest BCUT2D eigenvalue weighted by Gasteiger charge is 2.55. The van der Waals surface area contributed by atoms with Crippen LogP contribution in [-0.4, -0.2) is 35.9 Å². The van der Waals surface area contributed by atoms with Gasteiger partial charge in [0.2, 0.25) is 5.91 Å². The van der Waals surface area contributed by atoms with Gasteiger partial charge in [-0.15, -0.1) is 0 Å². The fraction of sp³-hybridized carbons (Fsp3) is 0.281. The third kappa shape index (κ3) is 5.62. The molecule has 0 bridgehead atoms. The van der Waals surface area contributed by atoms with Gasteiger partial charge in [0.15, 0.2) is 28.8 Å². The van der Waals surface area contributed by atoms with Gasteiger partial charge in [0.25, 0.3) is 0 Å². The zero-order valence-corrected chi connectivity index (χ0v) is 22.9. The number of ether oxygens (including phenoxy) is 3. The van der Waals surface area contributed by atoms with E-state index in [0.717, 1.165) is 12.8 Å². The second-order valence-electron chi connectivity index (χ2n) is 11.0. The molecule has 2 saturated carbocycles. The van der Waals surface area contributed by atoms with E-state index in [1.807, 2.05) is 0 Å². The van der Waals surface area contributed by atoms with Crippen LogP contribution < -0.4 is 25.3 Å². The summed E-state index contributed by atoms with van der Waals surface area (Å²) in [7, 11) is 1.53. The Labute approximate surface area is 240 Å². The van der Waals surface area contributed by atoms with Gasteiger partial charge in [-0.05, 0) is 79.8 Å². The number of halogens is 2. The third-order valence-electron chi connectivity index (χ3n) is 7.80. The second kappa shape index (κ2) is 10.7. The van der Waals surface area contributed by atoms with Crippen molar-refractivity contribution in [1.29, 1.82) is 0 Å². The number of hydrogen-bond acceptors (Lipinski definition) is 7. The number of ketones is 1. The van der Waals surface area contributed by atoms with Crippen LogP contribution in [0.15, 0.2) is 66.9 Å². The molecule has 3 N–H and O–H groups in total. The molecule has 0 spiro atoms. The van der Waals surface area contributed by atoms with E-state index < -0.39 is 23.0 Å². The summed E-state index contributed by atoms with van der Waals surface area (Å²) in [6.45, 7) is 0.366. The van der Waals surface area contributed by atoms with Crippen molar-refractivity contribution >= 4 is 28.3 Å². The molecule has 4 aromatic rings. The number of nitrogens with zero attached hydrogens (tertiary/aromatic N) is 1. The lowest BCUT2D eigenvalue weighted by Crippen LogP contribution is -2.32. The number of nitrogens with two attached hydrogens (primary N) is 1. The highest BCUT2D eigenvalue weighted by molar-refractivity contribution is 6.14. The maximum atomic E-state index is 15.2. The van der Waals surface area contributed by atoms with Crippen LogP contribution in [0.5, 0.6) is 23.0 Å².